The fourth-order valence-electron chi connectivity index (χ4n) is 3.39. The molecule has 0 radical (unpaired) electrons. The second-order valence-electron chi connectivity index (χ2n) is 6.96. The molecule has 0 atom stereocenters. The molecule has 2 aromatic rings. The van der Waals surface area contributed by atoms with E-state index in [-0.39, 0.29) is 11.8 Å². The van der Waals surface area contributed by atoms with Crippen LogP contribution in [0.4, 0.5) is 15.8 Å². The summed E-state index contributed by atoms with van der Waals surface area (Å²) in [5.41, 5.74) is 0.687. The van der Waals surface area contributed by atoms with Crippen LogP contribution < -0.4 is 16.0 Å². The van der Waals surface area contributed by atoms with Crippen LogP contribution in [0.5, 0.6) is 0 Å². The van der Waals surface area contributed by atoms with Crippen LogP contribution in [0, 0.1) is 11.2 Å². The maximum absolute atomic E-state index is 13.3. The monoisotopic (exact) mass is 385 g/mol. The summed E-state index contributed by atoms with van der Waals surface area (Å²) in [6.45, 7) is 1.86. The predicted octanol–water partition coefficient (Wildman–Crippen LogP) is 3.03. The minimum Gasteiger partial charge on any atom is -0.384 e. The van der Waals surface area contributed by atoms with Crippen LogP contribution in [0.2, 0.25) is 0 Å². The predicted molar refractivity (Wildman–Crippen MR) is 106 cm³/mol. The van der Waals surface area contributed by atoms with Gasteiger partial charge in [-0.2, -0.15) is 0 Å². The van der Waals surface area contributed by atoms with Crippen molar-refractivity contribution in [2.75, 3.05) is 37.4 Å². The van der Waals surface area contributed by atoms with E-state index in [0.717, 1.165) is 13.1 Å². The summed E-state index contributed by atoms with van der Waals surface area (Å²) in [6, 6.07) is 12.4. The number of piperidine rings is 1. The second-order valence-corrected chi connectivity index (χ2v) is 6.96. The number of amides is 2. The third-order valence-corrected chi connectivity index (χ3v) is 4.93. The van der Waals surface area contributed by atoms with Gasteiger partial charge in [0.25, 0.3) is 5.91 Å². The zero-order valence-corrected chi connectivity index (χ0v) is 15.8. The fourth-order valence-corrected chi connectivity index (χ4v) is 3.39. The highest BCUT2D eigenvalue weighted by Crippen LogP contribution is 2.31. The van der Waals surface area contributed by atoms with E-state index in [9.17, 15) is 14.0 Å². The molecule has 2 aromatic carbocycles. The second kappa shape index (κ2) is 8.95. The van der Waals surface area contributed by atoms with Gasteiger partial charge in [-0.3, -0.25) is 9.59 Å². The van der Waals surface area contributed by atoms with Crippen molar-refractivity contribution in [1.82, 2.24) is 5.32 Å². The van der Waals surface area contributed by atoms with E-state index in [1.165, 1.54) is 18.2 Å². The Morgan fingerprint density at radius 1 is 1.07 bits per heavy atom. The lowest BCUT2D eigenvalue weighted by Crippen LogP contribution is -2.47. The summed E-state index contributed by atoms with van der Waals surface area (Å²) in [7, 11) is 1.59. The molecule has 0 aromatic heterocycles. The molecular weight excluding hydrogens is 361 g/mol. The molecule has 148 valence electrons. The summed E-state index contributed by atoms with van der Waals surface area (Å²) < 4.78 is 18.6. The first-order valence-corrected chi connectivity index (χ1v) is 9.20. The van der Waals surface area contributed by atoms with E-state index in [2.05, 4.69) is 16.0 Å². The Bertz CT molecular complexity index is 845. The van der Waals surface area contributed by atoms with Gasteiger partial charge in [0.1, 0.15) is 5.82 Å². The summed E-state index contributed by atoms with van der Waals surface area (Å²) in [4.78, 5) is 25.4. The number of hydrogen-bond donors (Lipinski definition) is 3. The molecule has 7 heteroatoms. The number of anilines is 2. The number of carbonyl (C=O) groups excluding carboxylic acids is 2. The Labute approximate surface area is 163 Å². The molecular formula is C21H24FN3O3. The standard InChI is InChI=1S/C21H24FN3O3/c1-28-14-21(8-10-23-11-9-21)20(27)25-17-6-2-4-15(12-17)19(26)24-18-7-3-5-16(22)13-18/h2-7,12-13,23H,8-11,14H2,1H3,(H,24,26)(H,25,27). The van der Waals surface area contributed by atoms with E-state index in [4.69, 9.17) is 4.74 Å². The molecule has 3 rings (SSSR count). The van der Waals surface area contributed by atoms with Crippen LogP contribution >= 0.6 is 0 Å². The Hall–Kier alpha value is -2.77. The number of rotatable bonds is 6. The Morgan fingerprint density at radius 3 is 2.43 bits per heavy atom. The Morgan fingerprint density at radius 2 is 1.75 bits per heavy atom. The number of ether oxygens (including phenoxy) is 1. The van der Waals surface area contributed by atoms with Crippen LogP contribution in [0.15, 0.2) is 48.5 Å². The van der Waals surface area contributed by atoms with Gasteiger partial charge in [-0.1, -0.05) is 12.1 Å². The number of benzene rings is 2. The molecule has 0 bridgehead atoms. The number of carbonyl (C=O) groups is 2. The minimum absolute atomic E-state index is 0.112. The first-order chi connectivity index (χ1) is 13.5. The van der Waals surface area contributed by atoms with Crippen LogP contribution in [0.25, 0.3) is 0 Å². The highest BCUT2D eigenvalue weighted by molar-refractivity contribution is 6.05. The number of halogens is 1. The average Bonchev–Trinajstić information content (AvgIpc) is 2.69. The molecule has 1 heterocycles. The smallest absolute Gasteiger partial charge is 0.255 e. The molecule has 0 saturated carbocycles. The Balaban J connectivity index is 1.71. The van der Waals surface area contributed by atoms with Gasteiger partial charge >= 0.3 is 0 Å². The summed E-state index contributed by atoms with van der Waals surface area (Å²) in [6.07, 6.45) is 1.37. The van der Waals surface area contributed by atoms with Crippen LogP contribution in [0.3, 0.4) is 0 Å². The first-order valence-electron chi connectivity index (χ1n) is 9.20. The molecule has 2 amide bonds. The van der Waals surface area contributed by atoms with Crippen molar-refractivity contribution in [3.8, 4) is 0 Å². The van der Waals surface area contributed by atoms with Gasteiger partial charge in [0, 0.05) is 24.0 Å². The Kier molecular flexibility index (Phi) is 6.38. The van der Waals surface area contributed by atoms with E-state index < -0.39 is 11.2 Å². The van der Waals surface area contributed by atoms with Crippen LogP contribution in [-0.4, -0.2) is 38.6 Å². The van der Waals surface area contributed by atoms with Gasteiger partial charge in [0.05, 0.1) is 12.0 Å². The number of hydrogen-bond acceptors (Lipinski definition) is 4. The molecule has 6 nitrogen and oxygen atoms in total. The topological polar surface area (TPSA) is 79.5 Å². The molecule has 0 aliphatic carbocycles. The van der Waals surface area contributed by atoms with E-state index in [1.807, 2.05) is 0 Å². The molecule has 28 heavy (non-hydrogen) atoms. The highest BCUT2D eigenvalue weighted by atomic mass is 19.1. The van der Waals surface area contributed by atoms with Crippen LogP contribution in [-0.2, 0) is 9.53 Å². The van der Waals surface area contributed by atoms with Crippen molar-refractivity contribution < 1.29 is 18.7 Å². The van der Waals surface area contributed by atoms with Gasteiger partial charge in [-0.15, -0.1) is 0 Å². The van der Waals surface area contributed by atoms with Gasteiger partial charge < -0.3 is 20.7 Å². The molecule has 1 aliphatic rings. The maximum Gasteiger partial charge on any atom is 0.255 e. The highest BCUT2D eigenvalue weighted by Gasteiger charge is 2.39. The zero-order chi connectivity index (χ0) is 20.0. The largest absolute Gasteiger partial charge is 0.384 e. The molecule has 0 unspecified atom stereocenters. The van der Waals surface area contributed by atoms with Crippen LogP contribution in [0.1, 0.15) is 23.2 Å². The van der Waals surface area contributed by atoms with Crippen molar-refractivity contribution in [3.05, 3.63) is 59.9 Å². The van der Waals surface area contributed by atoms with E-state index in [1.54, 1.807) is 37.4 Å². The molecule has 3 N–H and O–H groups in total. The summed E-state index contributed by atoms with van der Waals surface area (Å²) in [5.74, 6) is -0.919. The third-order valence-electron chi connectivity index (χ3n) is 4.93. The van der Waals surface area contributed by atoms with E-state index >= 15 is 0 Å². The molecule has 0 spiro atoms. The summed E-state index contributed by atoms with van der Waals surface area (Å²) in [5, 5.41) is 8.82. The summed E-state index contributed by atoms with van der Waals surface area (Å²) >= 11 is 0. The van der Waals surface area contributed by atoms with Gasteiger partial charge in [0.2, 0.25) is 5.91 Å². The maximum atomic E-state index is 13.3. The van der Waals surface area contributed by atoms with Crippen molar-refractivity contribution in [3.63, 3.8) is 0 Å². The number of methoxy groups -OCH3 is 1. The first kappa shape index (κ1) is 20.0. The lowest BCUT2D eigenvalue weighted by Gasteiger charge is -2.35. The fraction of sp³-hybridized carbons (Fsp3) is 0.333. The average molecular weight is 385 g/mol. The normalized spacial score (nSPS) is 15.6. The van der Waals surface area contributed by atoms with Crippen molar-refractivity contribution >= 4 is 23.2 Å². The van der Waals surface area contributed by atoms with Crippen molar-refractivity contribution in [2.24, 2.45) is 5.41 Å². The van der Waals surface area contributed by atoms with Gasteiger partial charge in [-0.25, -0.2) is 4.39 Å². The zero-order valence-electron chi connectivity index (χ0n) is 15.8. The van der Waals surface area contributed by atoms with Gasteiger partial charge in [-0.05, 0) is 62.3 Å². The molecule has 1 saturated heterocycles. The molecule has 1 aliphatic heterocycles. The lowest BCUT2D eigenvalue weighted by molar-refractivity contribution is -0.130. The SMILES string of the molecule is COCC1(C(=O)Nc2cccc(C(=O)Nc3cccc(F)c3)c2)CCNCC1. The number of nitrogens with one attached hydrogen (secondary N) is 3. The van der Waals surface area contributed by atoms with Gasteiger partial charge in [0.15, 0.2) is 0 Å². The minimum atomic E-state index is -0.584. The van der Waals surface area contributed by atoms with Crippen molar-refractivity contribution in [2.45, 2.75) is 12.8 Å². The molecule has 1 fully saturated rings. The van der Waals surface area contributed by atoms with E-state index in [0.29, 0.717) is 36.4 Å². The third kappa shape index (κ3) is 4.74. The lowest BCUT2D eigenvalue weighted by atomic mass is 9.78. The quantitative estimate of drug-likeness (QED) is 0.714. The van der Waals surface area contributed by atoms with Crippen molar-refractivity contribution in [1.29, 1.82) is 0 Å².